The van der Waals surface area contributed by atoms with Crippen LogP contribution in [-0.4, -0.2) is 6.10 Å². The molecule has 19 heavy (non-hydrogen) atoms. The van der Waals surface area contributed by atoms with E-state index in [0.29, 0.717) is 0 Å². The van der Waals surface area contributed by atoms with E-state index in [2.05, 4.69) is 55.1 Å². The summed E-state index contributed by atoms with van der Waals surface area (Å²) in [6.45, 7) is 5.13. The number of rotatable bonds is 6. The van der Waals surface area contributed by atoms with E-state index in [9.17, 15) is 0 Å². The number of hydrogen-bond acceptors (Lipinski definition) is 1. The first kappa shape index (κ1) is 13.8. The van der Waals surface area contributed by atoms with Crippen molar-refractivity contribution in [3.63, 3.8) is 0 Å². The molecule has 0 radical (unpaired) electrons. The van der Waals surface area contributed by atoms with Crippen LogP contribution >= 0.6 is 0 Å². The number of aromatic nitrogens is 1. The third kappa shape index (κ3) is 4.18. The average molecular weight is 256 g/mol. The van der Waals surface area contributed by atoms with Gasteiger partial charge in [-0.25, -0.2) is 4.57 Å². The summed E-state index contributed by atoms with van der Waals surface area (Å²) in [7, 11) is 0. The van der Waals surface area contributed by atoms with Gasteiger partial charge in [-0.1, -0.05) is 43.3 Å². The summed E-state index contributed by atoms with van der Waals surface area (Å²) in [6.07, 6.45) is 5.56. The zero-order valence-electron chi connectivity index (χ0n) is 11.7. The van der Waals surface area contributed by atoms with E-state index in [4.69, 9.17) is 4.74 Å². The molecule has 2 nitrogen and oxygen atoms in total. The average Bonchev–Trinajstić information content (AvgIpc) is 2.48. The SMILES string of the molecule is CCC(C)OC(C[n+]1ccccc1)c1ccccc1. The molecule has 0 aliphatic carbocycles. The minimum absolute atomic E-state index is 0.101. The molecule has 0 fully saturated rings. The Morgan fingerprint density at radius 3 is 2.26 bits per heavy atom. The Morgan fingerprint density at radius 1 is 1.00 bits per heavy atom. The Hall–Kier alpha value is -1.67. The Bertz CT molecular complexity index is 469. The predicted molar refractivity (Wildman–Crippen MR) is 76.7 cm³/mol. The van der Waals surface area contributed by atoms with Crippen LogP contribution in [0.3, 0.4) is 0 Å². The van der Waals surface area contributed by atoms with Gasteiger partial charge < -0.3 is 4.74 Å². The highest BCUT2D eigenvalue weighted by molar-refractivity contribution is 5.17. The van der Waals surface area contributed by atoms with Crippen LogP contribution in [0.1, 0.15) is 31.9 Å². The van der Waals surface area contributed by atoms with E-state index >= 15 is 0 Å². The Labute approximate surface area is 115 Å². The van der Waals surface area contributed by atoms with Crippen LogP contribution < -0.4 is 4.57 Å². The molecule has 0 amide bonds. The molecule has 2 aromatic rings. The standard InChI is InChI=1S/C17H22NO/c1-3-15(2)19-17(16-10-6-4-7-11-16)14-18-12-8-5-9-13-18/h4-13,15,17H,3,14H2,1-2H3/q+1. The highest BCUT2D eigenvalue weighted by Gasteiger charge is 2.19. The van der Waals surface area contributed by atoms with Crippen LogP contribution in [0.2, 0.25) is 0 Å². The Morgan fingerprint density at radius 2 is 1.63 bits per heavy atom. The molecule has 0 N–H and O–H groups in total. The summed E-state index contributed by atoms with van der Waals surface area (Å²) in [4.78, 5) is 0. The quantitative estimate of drug-likeness (QED) is 0.721. The van der Waals surface area contributed by atoms with Crippen LogP contribution in [0.4, 0.5) is 0 Å². The van der Waals surface area contributed by atoms with Crippen LogP contribution in [0.25, 0.3) is 0 Å². The van der Waals surface area contributed by atoms with Gasteiger partial charge in [0, 0.05) is 12.1 Å². The molecule has 2 heteroatoms. The second-order valence-electron chi connectivity index (χ2n) is 4.83. The first-order valence-electron chi connectivity index (χ1n) is 6.94. The van der Waals surface area contributed by atoms with Crippen molar-refractivity contribution in [2.45, 2.75) is 39.0 Å². The molecule has 0 spiro atoms. The molecule has 100 valence electrons. The minimum Gasteiger partial charge on any atom is -0.364 e. The predicted octanol–water partition coefficient (Wildman–Crippen LogP) is 3.53. The van der Waals surface area contributed by atoms with Crippen LogP contribution in [0.15, 0.2) is 60.9 Å². The smallest absolute Gasteiger partial charge is 0.178 e. The fourth-order valence-electron chi connectivity index (χ4n) is 2.02. The van der Waals surface area contributed by atoms with Crippen molar-refractivity contribution in [1.82, 2.24) is 0 Å². The largest absolute Gasteiger partial charge is 0.364 e. The number of ether oxygens (including phenoxy) is 1. The van der Waals surface area contributed by atoms with Gasteiger partial charge in [-0.3, -0.25) is 0 Å². The van der Waals surface area contributed by atoms with Crippen LogP contribution in [-0.2, 0) is 11.3 Å². The van der Waals surface area contributed by atoms with E-state index in [1.165, 1.54) is 5.56 Å². The van der Waals surface area contributed by atoms with Crippen molar-refractivity contribution < 1.29 is 9.30 Å². The third-order valence-electron chi connectivity index (χ3n) is 3.30. The van der Waals surface area contributed by atoms with E-state index in [0.717, 1.165) is 13.0 Å². The molecule has 0 saturated carbocycles. The molecule has 2 unspecified atom stereocenters. The normalized spacial score (nSPS) is 14.0. The second kappa shape index (κ2) is 7.05. The maximum atomic E-state index is 6.17. The van der Waals surface area contributed by atoms with Gasteiger partial charge in [0.25, 0.3) is 0 Å². The van der Waals surface area contributed by atoms with E-state index in [1.807, 2.05) is 24.3 Å². The maximum absolute atomic E-state index is 6.17. The lowest BCUT2D eigenvalue weighted by Gasteiger charge is -2.19. The minimum atomic E-state index is 0.101. The number of pyridine rings is 1. The molecule has 0 aliphatic heterocycles. The molecular weight excluding hydrogens is 234 g/mol. The van der Waals surface area contributed by atoms with Gasteiger partial charge in [-0.2, -0.15) is 0 Å². The molecule has 2 rings (SSSR count). The summed E-state index contributed by atoms with van der Waals surface area (Å²) < 4.78 is 8.34. The van der Waals surface area contributed by atoms with E-state index in [-0.39, 0.29) is 12.2 Å². The number of benzene rings is 1. The molecule has 0 bridgehead atoms. The molecule has 1 heterocycles. The molecule has 0 saturated heterocycles. The third-order valence-corrected chi connectivity index (χ3v) is 3.30. The fraction of sp³-hybridized carbons (Fsp3) is 0.353. The first-order valence-corrected chi connectivity index (χ1v) is 6.94. The monoisotopic (exact) mass is 256 g/mol. The van der Waals surface area contributed by atoms with Crippen molar-refractivity contribution in [3.8, 4) is 0 Å². The van der Waals surface area contributed by atoms with Gasteiger partial charge in [0.1, 0.15) is 6.10 Å². The van der Waals surface area contributed by atoms with Crippen molar-refractivity contribution in [2.24, 2.45) is 0 Å². The summed E-state index contributed by atoms with van der Waals surface area (Å²) in [5.74, 6) is 0. The van der Waals surface area contributed by atoms with Crippen LogP contribution in [0, 0.1) is 0 Å². The molecule has 0 aliphatic rings. The Kier molecular flexibility index (Phi) is 5.10. The van der Waals surface area contributed by atoms with Crippen molar-refractivity contribution in [2.75, 3.05) is 0 Å². The molecule has 1 aromatic carbocycles. The highest BCUT2D eigenvalue weighted by atomic mass is 16.5. The summed E-state index contributed by atoms with van der Waals surface area (Å²) in [6, 6.07) is 16.6. The number of nitrogens with zero attached hydrogens (tertiary/aromatic N) is 1. The van der Waals surface area contributed by atoms with Gasteiger partial charge in [0.15, 0.2) is 18.9 Å². The lowest BCUT2D eigenvalue weighted by Crippen LogP contribution is -2.37. The van der Waals surface area contributed by atoms with Gasteiger partial charge in [-0.05, 0) is 18.9 Å². The second-order valence-corrected chi connectivity index (χ2v) is 4.83. The van der Waals surface area contributed by atoms with Crippen molar-refractivity contribution in [3.05, 3.63) is 66.5 Å². The lowest BCUT2D eigenvalue weighted by atomic mass is 10.1. The van der Waals surface area contributed by atoms with Gasteiger partial charge >= 0.3 is 0 Å². The highest BCUT2D eigenvalue weighted by Crippen LogP contribution is 2.20. The van der Waals surface area contributed by atoms with Gasteiger partial charge in [0.2, 0.25) is 0 Å². The fourth-order valence-corrected chi connectivity index (χ4v) is 2.02. The summed E-state index contributed by atoms with van der Waals surface area (Å²) in [5.41, 5.74) is 1.24. The van der Waals surface area contributed by atoms with Gasteiger partial charge in [0.05, 0.1) is 6.10 Å². The maximum Gasteiger partial charge on any atom is 0.178 e. The molecule has 2 atom stereocenters. The van der Waals surface area contributed by atoms with Crippen molar-refractivity contribution in [1.29, 1.82) is 0 Å². The van der Waals surface area contributed by atoms with Crippen LogP contribution in [0.5, 0.6) is 0 Å². The Balaban J connectivity index is 2.15. The van der Waals surface area contributed by atoms with Crippen molar-refractivity contribution >= 4 is 0 Å². The first-order chi connectivity index (χ1) is 9.29. The lowest BCUT2D eigenvalue weighted by molar-refractivity contribution is -0.705. The zero-order chi connectivity index (χ0) is 13.5. The molecular formula is C17H22NO+. The van der Waals surface area contributed by atoms with E-state index < -0.39 is 0 Å². The topological polar surface area (TPSA) is 13.1 Å². The van der Waals surface area contributed by atoms with Gasteiger partial charge in [-0.15, -0.1) is 0 Å². The zero-order valence-corrected chi connectivity index (χ0v) is 11.7. The summed E-state index contributed by atoms with van der Waals surface area (Å²) in [5, 5.41) is 0. The number of hydrogen-bond donors (Lipinski definition) is 0. The van der Waals surface area contributed by atoms with E-state index in [1.54, 1.807) is 0 Å². The summed E-state index contributed by atoms with van der Waals surface area (Å²) >= 11 is 0. The molecule has 1 aromatic heterocycles.